The van der Waals surface area contributed by atoms with E-state index >= 15 is 0 Å². The van der Waals surface area contributed by atoms with Crippen LogP contribution in [0, 0.1) is 0 Å². The van der Waals surface area contributed by atoms with Gasteiger partial charge in [-0.2, -0.15) is 0 Å². The Kier molecular flexibility index (Phi) is 6.41. The zero-order valence-electron chi connectivity index (χ0n) is 15.5. The number of nitrogens with zero attached hydrogens (tertiary/aromatic N) is 2. The average Bonchev–Trinajstić information content (AvgIpc) is 3.21. The molecule has 30 heavy (non-hydrogen) atoms. The van der Waals surface area contributed by atoms with Gasteiger partial charge in [0, 0.05) is 15.7 Å². The van der Waals surface area contributed by atoms with Crippen molar-refractivity contribution in [1.29, 1.82) is 0 Å². The van der Waals surface area contributed by atoms with Gasteiger partial charge in [-0.1, -0.05) is 69.4 Å². The maximum Gasteiger partial charge on any atom is 0.257 e. The first-order valence-electron chi connectivity index (χ1n) is 8.89. The molecule has 3 aromatic carbocycles. The molecule has 0 radical (unpaired) electrons. The molecule has 0 spiro atoms. The zero-order chi connectivity index (χ0) is 20.9. The largest absolute Gasteiger partial charge is 0.325 e. The third-order valence-corrected chi connectivity index (χ3v) is 6.59. The SMILES string of the molecule is O=C(CSc1nnc(NC(=O)c2ccc3ccccc3c2)s1)Nc1ccc(Br)cc1. The molecule has 0 aliphatic heterocycles. The first kappa shape index (κ1) is 20.5. The Hall–Kier alpha value is -2.75. The summed E-state index contributed by atoms with van der Waals surface area (Å²) in [7, 11) is 0. The number of benzene rings is 3. The number of nitrogens with one attached hydrogen (secondary N) is 2. The normalized spacial score (nSPS) is 10.7. The van der Waals surface area contributed by atoms with Crippen LogP contribution in [0.3, 0.4) is 0 Å². The van der Waals surface area contributed by atoms with Crippen LogP contribution in [0.2, 0.25) is 0 Å². The second-order valence-electron chi connectivity index (χ2n) is 6.23. The Balaban J connectivity index is 1.32. The van der Waals surface area contributed by atoms with Crippen molar-refractivity contribution in [1.82, 2.24) is 10.2 Å². The minimum absolute atomic E-state index is 0.140. The number of carbonyl (C=O) groups excluding carboxylic acids is 2. The number of hydrogen-bond acceptors (Lipinski definition) is 6. The first-order valence-corrected chi connectivity index (χ1v) is 11.5. The molecule has 0 atom stereocenters. The van der Waals surface area contributed by atoms with Crippen molar-refractivity contribution in [3.8, 4) is 0 Å². The number of amides is 2. The second-order valence-corrected chi connectivity index (χ2v) is 9.35. The monoisotopic (exact) mass is 498 g/mol. The number of carbonyl (C=O) groups is 2. The number of rotatable bonds is 6. The third kappa shape index (κ3) is 5.24. The molecule has 0 saturated carbocycles. The number of hydrogen-bond donors (Lipinski definition) is 2. The molecule has 0 unspecified atom stereocenters. The molecule has 1 aromatic heterocycles. The van der Waals surface area contributed by atoms with E-state index in [1.807, 2.05) is 60.7 Å². The van der Waals surface area contributed by atoms with Crippen molar-refractivity contribution in [3.05, 3.63) is 76.8 Å². The molecule has 4 aromatic rings. The van der Waals surface area contributed by atoms with Gasteiger partial charge in [-0.25, -0.2) is 0 Å². The number of thioether (sulfide) groups is 1. The summed E-state index contributed by atoms with van der Waals surface area (Å²) in [5, 5.41) is 16.1. The van der Waals surface area contributed by atoms with E-state index in [4.69, 9.17) is 0 Å². The number of anilines is 2. The quantitative estimate of drug-likeness (QED) is 0.273. The van der Waals surface area contributed by atoms with Crippen LogP contribution in [0.5, 0.6) is 0 Å². The highest BCUT2D eigenvalue weighted by Crippen LogP contribution is 2.26. The minimum Gasteiger partial charge on any atom is -0.325 e. The van der Waals surface area contributed by atoms with E-state index in [1.54, 1.807) is 6.07 Å². The first-order chi connectivity index (χ1) is 14.6. The lowest BCUT2D eigenvalue weighted by Crippen LogP contribution is -2.13. The predicted octanol–water partition coefficient (Wildman–Crippen LogP) is 5.44. The Labute approximate surface area is 189 Å². The third-order valence-electron chi connectivity index (χ3n) is 4.09. The smallest absolute Gasteiger partial charge is 0.257 e. The predicted molar refractivity (Wildman–Crippen MR) is 125 cm³/mol. The summed E-state index contributed by atoms with van der Waals surface area (Å²) in [6, 6.07) is 20.7. The van der Waals surface area contributed by atoms with Crippen LogP contribution < -0.4 is 10.6 Å². The molecule has 9 heteroatoms. The summed E-state index contributed by atoms with van der Waals surface area (Å²) in [6.45, 7) is 0. The van der Waals surface area contributed by atoms with E-state index in [-0.39, 0.29) is 17.6 Å². The fourth-order valence-electron chi connectivity index (χ4n) is 2.68. The standard InChI is InChI=1S/C21H15BrN4O2S2/c22-16-7-9-17(10-8-16)23-18(27)12-29-21-26-25-20(30-21)24-19(28)15-6-5-13-3-1-2-4-14(13)11-15/h1-11H,12H2,(H,23,27)(H,24,25,28). The van der Waals surface area contributed by atoms with Crippen LogP contribution in [0.1, 0.15) is 10.4 Å². The molecule has 0 bridgehead atoms. The molecular formula is C21H15BrN4O2S2. The van der Waals surface area contributed by atoms with Gasteiger partial charge in [0.05, 0.1) is 5.75 Å². The van der Waals surface area contributed by atoms with Crippen LogP contribution in [0.15, 0.2) is 75.5 Å². The Morgan fingerprint density at radius 3 is 2.50 bits per heavy atom. The minimum atomic E-state index is -0.249. The van der Waals surface area contributed by atoms with Crippen molar-refractivity contribution in [3.63, 3.8) is 0 Å². The summed E-state index contributed by atoms with van der Waals surface area (Å²) in [5.74, 6) is -0.190. The zero-order valence-corrected chi connectivity index (χ0v) is 18.7. The van der Waals surface area contributed by atoms with E-state index in [0.29, 0.717) is 15.0 Å². The molecule has 0 aliphatic carbocycles. The summed E-state index contributed by atoms with van der Waals surface area (Å²) in [5.41, 5.74) is 1.27. The van der Waals surface area contributed by atoms with E-state index in [1.165, 1.54) is 23.1 Å². The van der Waals surface area contributed by atoms with Gasteiger partial charge in [0.15, 0.2) is 4.34 Å². The highest BCUT2D eigenvalue weighted by molar-refractivity contribution is 9.10. The summed E-state index contributed by atoms with van der Waals surface area (Å²) >= 11 is 5.86. The average molecular weight is 499 g/mol. The fourth-order valence-corrected chi connectivity index (χ4v) is 4.49. The lowest BCUT2D eigenvalue weighted by molar-refractivity contribution is -0.113. The summed E-state index contributed by atoms with van der Waals surface area (Å²) in [6.07, 6.45) is 0. The summed E-state index contributed by atoms with van der Waals surface area (Å²) < 4.78 is 1.55. The van der Waals surface area contributed by atoms with Crippen LogP contribution in [0.25, 0.3) is 10.8 Å². The lowest BCUT2D eigenvalue weighted by Gasteiger charge is -2.04. The van der Waals surface area contributed by atoms with Gasteiger partial charge in [0.25, 0.3) is 5.91 Å². The Morgan fingerprint density at radius 2 is 1.70 bits per heavy atom. The molecule has 0 aliphatic rings. The maximum atomic E-state index is 12.5. The Morgan fingerprint density at radius 1 is 0.933 bits per heavy atom. The van der Waals surface area contributed by atoms with Crippen molar-refractivity contribution >= 4 is 72.4 Å². The molecule has 4 rings (SSSR count). The van der Waals surface area contributed by atoms with Gasteiger partial charge in [0.2, 0.25) is 11.0 Å². The Bertz CT molecular complexity index is 1210. The van der Waals surface area contributed by atoms with Crippen LogP contribution in [-0.4, -0.2) is 27.8 Å². The van der Waals surface area contributed by atoms with Crippen LogP contribution in [0.4, 0.5) is 10.8 Å². The molecule has 0 fully saturated rings. The van der Waals surface area contributed by atoms with Gasteiger partial charge < -0.3 is 5.32 Å². The number of halogens is 1. The number of fused-ring (bicyclic) bond motifs is 1. The highest BCUT2D eigenvalue weighted by atomic mass is 79.9. The molecular weight excluding hydrogens is 484 g/mol. The summed E-state index contributed by atoms with van der Waals surface area (Å²) in [4.78, 5) is 24.6. The van der Waals surface area contributed by atoms with Crippen molar-refractivity contribution < 1.29 is 9.59 Å². The van der Waals surface area contributed by atoms with Crippen molar-refractivity contribution in [2.45, 2.75) is 4.34 Å². The topological polar surface area (TPSA) is 84.0 Å². The van der Waals surface area contributed by atoms with Crippen LogP contribution in [-0.2, 0) is 4.79 Å². The van der Waals surface area contributed by atoms with E-state index in [9.17, 15) is 9.59 Å². The van der Waals surface area contributed by atoms with Crippen molar-refractivity contribution in [2.75, 3.05) is 16.4 Å². The van der Waals surface area contributed by atoms with E-state index < -0.39 is 0 Å². The van der Waals surface area contributed by atoms with E-state index in [0.717, 1.165) is 20.9 Å². The molecule has 1 heterocycles. The molecule has 2 amide bonds. The van der Waals surface area contributed by atoms with Gasteiger partial charge in [-0.15, -0.1) is 10.2 Å². The molecule has 0 saturated heterocycles. The lowest BCUT2D eigenvalue weighted by atomic mass is 10.1. The van der Waals surface area contributed by atoms with Gasteiger partial charge in [-0.3, -0.25) is 14.9 Å². The highest BCUT2D eigenvalue weighted by Gasteiger charge is 2.12. The van der Waals surface area contributed by atoms with E-state index in [2.05, 4.69) is 36.8 Å². The fraction of sp³-hybridized carbons (Fsp3) is 0.0476. The van der Waals surface area contributed by atoms with Gasteiger partial charge >= 0.3 is 0 Å². The van der Waals surface area contributed by atoms with Gasteiger partial charge in [-0.05, 0) is 47.2 Å². The van der Waals surface area contributed by atoms with Crippen LogP contribution >= 0.6 is 39.0 Å². The molecule has 2 N–H and O–H groups in total. The molecule has 150 valence electrons. The second kappa shape index (κ2) is 9.38. The molecule has 6 nitrogen and oxygen atoms in total. The number of aromatic nitrogens is 2. The van der Waals surface area contributed by atoms with Gasteiger partial charge in [0.1, 0.15) is 0 Å². The van der Waals surface area contributed by atoms with Crippen molar-refractivity contribution in [2.24, 2.45) is 0 Å². The maximum absolute atomic E-state index is 12.5.